The van der Waals surface area contributed by atoms with Gasteiger partial charge in [0.2, 0.25) is 5.91 Å². The van der Waals surface area contributed by atoms with E-state index >= 15 is 0 Å². The number of aromatic amines is 1. The van der Waals surface area contributed by atoms with Gasteiger partial charge >= 0.3 is 0 Å². The monoisotopic (exact) mass is 457 g/mol. The fourth-order valence-corrected chi connectivity index (χ4v) is 5.11. The number of nitrogens with one attached hydrogen (secondary N) is 1. The van der Waals surface area contributed by atoms with E-state index in [0.29, 0.717) is 5.91 Å². The lowest BCUT2D eigenvalue weighted by atomic mass is 9.95. The average molecular weight is 458 g/mol. The molecule has 34 heavy (non-hydrogen) atoms. The Hall–Kier alpha value is -2.96. The van der Waals surface area contributed by atoms with Crippen LogP contribution in [0.25, 0.3) is 17.1 Å². The van der Waals surface area contributed by atoms with Crippen molar-refractivity contribution in [1.29, 1.82) is 0 Å². The summed E-state index contributed by atoms with van der Waals surface area (Å²) in [5.41, 5.74) is 4.61. The summed E-state index contributed by atoms with van der Waals surface area (Å²) in [5, 5.41) is 0. The summed E-state index contributed by atoms with van der Waals surface area (Å²) >= 11 is 0. The number of likely N-dealkylation sites (tertiary alicyclic amines) is 1. The number of imidazole rings is 1. The third kappa shape index (κ3) is 5.57. The van der Waals surface area contributed by atoms with Crippen molar-refractivity contribution in [3.63, 3.8) is 0 Å². The molecular weight excluding hydrogens is 422 g/mol. The first-order valence-corrected chi connectivity index (χ1v) is 12.5. The van der Waals surface area contributed by atoms with Gasteiger partial charge in [0.15, 0.2) is 0 Å². The lowest BCUT2D eigenvalue weighted by Crippen LogP contribution is -2.51. The Labute approximate surface area is 202 Å². The molecule has 0 radical (unpaired) electrons. The topological polar surface area (TPSA) is 55.5 Å². The van der Waals surface area contributed by atoms with E-state index in [9.17, 15) is 4.79 Å². The summed E-state index contributed by atoms with van der Waals surface area (Å²) in [4.78, 5) is 28.3. The van der Waals surface area contributed by atoms with Crippen LogP contribution in [0.2, 0.25) is 0 Å². The van der Waals surface area contributed by atoms with Crippen LogP contribution in [-0.4, -0.2) is 76.4 Å². The summed E-state index contributed by atoms with van der Waals surface area (Å²) in [7, 11) is 0. The molecule has 6 nitrogen and oxygen atoms in total. The highest BCUT2D eigenvalue weighted by Crippen LogP contribution is 2.22. The van der Waals surface area contributed by atoms with E-state index in [1.165, 1.54) is 11.1 Å². The van der Waals surface area contributed by atoms with Crippen molar-refractivity contribution in [1.82, 2.24) is 24.7 Å². The Morgan fingerprint density at radius 1 is 1.00 bits per heavy atom. The van der Waals surface area contributed by atoms with Crippen molar-refractivity contribution < 1.29 is 4.79 Å². The number of fused-ring (bicyclic) bond motifs is 1. The molecule has 6 heteroatoms. The molecule has 2 aromatic carbocycles. The van der Waals surface area contributed by atoms with Crippen LogP contribution in [0.1, 0.15) is 29.8 Å². The highest BCUT2D eigenvalue weighted by atomic mass is 16.2. The van der Waals surface area contributed by atoms with Crippen molar-refractivity contribution in [2.24, 2.45) is 5.92 Å². The van der Waals surface area contributed by atoms with Crippen molar-refractivity contribution in [3.8, 4) is 0 Å². The number of hydrogen-bond donors (Lipinski definition) is 1. The highest BCUT2D eigenvalue weighted by molar-refractivity contribution is 5.79. The first-order valence-electron chi connectivity index (χ1n) is 12.5. The predicted octanol–water partition coefficient (Wildman–Crippen LogP) is 3.94. The first-order chi connectivity index (χ1) is 16.6. The first kappa shape index (κ1) is 22.8. The summed E-state index contributed by atoms with van der Waals surface area (Å²) in [5.74, 6) is 1.54. The zero-order valence-electron chi connectivity index (χ0n) is 20.1. The van der Waals surface area contributed by atoms with Gasteiger partial charge in [0.25, 0.3) is 0 Å². The predicted molar refractivity (Wildman–Crippen MR) is 137 cm³/mol. The van der Waals surface area contributed by atoms with Crippen LogP contribution in [0.3, 0.4) is 0 Å². The maximum atomic E-state index is 13.1. The van der Waals surface area contributed by atoms with E-state index in [-0.39, 0.29) is 5.92 Å². The van der Waals surface area contributed by atoms with E-state index in [2.05, 4.69) is 81.2 Å². The minimum Gasteiger partial charge on any atom is -0.341 e. The number of aromatic nitrogens is 2. The number of nitrogens with zero attached hydrogens (tertiary/aromatic N) is 4. The van der Waals surface area contributed by atoms with Crippen LogP contribution in [0.15, 0.2) is 54.6 Å². The van der Waals surface area contributed by atoms with Crippen LogP contribution >= 0.6 is 0 Å². The summed E-state index contributed by atoms with van der Waals surface area (Å²) in [6.45, 7) is 9.37. The molecule has 0 spiro atoms. The number of H-pyrrole nitrogens is 1. The second-order valence-corrected chi connectivity index (χ2v) is 9.69. The zero-order chi connectivity index (χ0) is 23.3. The van der Waals surface area contributed by atoms with Crippen LogP contribution in [0.4, 0.5) is 0 Å². The minimum atomic E-state index is 0.166. The molecule has 3 aromatic rings. The van der Waals surface area contributed by atoms with E-state index in [0.717, 1.165) is 82.1 Å². The number of carbonyl (C=O) groups excluding carboxylic acids is 1. The second-order valence-electron chi connectivity index (χ2n) is 9.69. The Morgan fingerprint density at radius 3 is 2.53 bits per heavy atom. The number of rotatable bonds is 6. The zero-order valence-corrected chi connectivity index (χ0v) is 20.1. The van der Waals surface area contributed by atoms with Gasteiger partial charge in [-0.3, -0.25) is 14.6 Å². The van der Waals surface area contributed by atoms with Gasteiger partial charge in [-0.25, -0.2) is 4.98 Å². The molecule has 0 saturated carbocycles. The third-order valence-electron chi connectivity index (χ3n) is 7.15. The van der Waals surface area contributed by atoms with Crippen molar-refractivity contribution >= 4 is 23.0 Å². The van der Waals surface area contributed by atoms with Crippen molar-refractivity contribution in [3.05, 3.63) is 71.6 Å². The molecule has 2 aliphatic heterocycles. The van der Waals surface area contributed by atoms with Gasteiger partial charge in [0.1, 0.15) is 5.82 Å². The number of benzene rings is 2. The van der Waals surface area contributed by atoms with Gasteiger partial charge in [-0.2, -0.15) is 0 Å². The van der Waals surface area contributed by atoms with Gasteiger partial charge in [0, 0.05) is 38.6 Å². The fraction of sp³-hybridized carbons (Fsp3) is 0.429. The number of carbonyl (C=O) groups is 1. The van der Waals surface area contributed by atoms with Crippen LogP contribution in [-0.2, 0) is 11.3 Å². The number of piperidine rings is 1. The van der Waals surface area contributed by atoms with Crippen molar-refractivity contribution in [2.75, 3.05) is 45.8 Å². The summed E-state index contributed by atoms with van der Waals surface area (Å²) in [6, 6.07) is 16.7. The Balaban J connectivity index is 1.05. The third-order valence-corrected chi connectivity index (χ3v) is 7.15. The van der Waals surface area contributed by atoms with E-state index in [1.807, 2.05) is 6.07 Å². The lowest BCUT2D eigenvalue weighted by Gasteiger charge is -2.38. The quantitative estimate of drug-likeness (QED) is 0.609. The molecule has 3 heterocycles. The van der Waals surface area contributed by atoms with E-state index in [1.54, 1.807) is 0 Å². The maximum absolute atomic E-state index is 13.1. The van der Waals surface area contributed by atoms with Gasteiger partial charge in [-0.1, -0.05) is 48.6 Å². The number of hydrogen-bond acceptors (Lipinski definition) is 4. The van der Waals surface area contributed by atoms with Gasteiger partial charge in [-0.15, -0.1) is 0 Å². The minimum absolute atomic E-state index is 0.166. The normalized spacial score (nSPS) is 18.8. The number of aryl methyl sites for hydroxylation is 1. The number of piperazine rings is 1. The molecule has 1 N–H and O–H groups in total. The van der Waals surface area contributed by atoms with Crippen LogP contribution < -0.4 is 0 Å². The molecule has 2 saturated heterocycles. The average Bonchev–Trinajstić information content (AvgIpc) is 3.26. The molecule has 0 aliphatic carbocycles. The molecule has 178 valence electrons. The fourth-order valence-electron chi connectivity index (χ4n) is 5.11. The molecule has 0 bridgehead atoms. The Bertz CT molecular complexity index is 1120. The summed E-state index contributed by atoms with van der Waals surface area (Å²) in [6.07, 6.45) is 6.29. The molecule has 1 amide bonds. The standard InChI is InChI=1S/C28H35N5O/c1-22-9-10-25-26(20-22)30-27(29-25)21-32-14-11-24(12-15-32)28(34)33-18-16-31(17-19-33)13-5-8-23-6-3-2-4-7-23/h2-10,20,24H,11-19,21H2,1H3,(H,29,30). The Morgan fingerprint density at radius 2 is 1.76 bits per heavy atom. The molecule has 2 aliphatic rings. The van der Waals surface area contributed by atoms with Gasteiger partial charge < -0.3 is 9.88 Å². The smallest absolute Gasteiger partial charge is 0.225 e. The van der Waals surface area contributed by atoms with E-state index < -0.39 is 0 Å². The van der Waals surface area contributed by atoms with Crippen LogP contribution in [0, 0.1) is 12.8 Å². The van der Waals surface area contributed by atoms with Crippen molar-refractivity contribution in [2.45, 2.75) is 26.3 Å². The number of amides is 1. The molecule has 0 atom stereocenters. The molecule has 2 fully saturated rings. The van der Waals surface area contributed by atoms with Crippen LogP contribution in [0.5, 0.6) is 0 Å². The lowest BCUT2D eigenvalue weighted by molar-refractivity contribution is -0.138. The molecular formula is C28H35N5O. The second kappa shape index (κ2) is 10.5. The maximum Gasteiger partial charge on any atom is 0.225 e. The van der Waals surface area contributed by atoms with Gasteiger partial charge in [-0.05, 0) is 56.1 Å². The molecule has 0 unspecified atom stereocenters. The molecule has 1 aromatic heterocycles. The Kier molecular flexibility index (Phi) is 7.07. The highest BCUT2D eigenvalue weighted by Gasteiger charge is 2.30. The van der Waals surface area contributed by atoms with E-state index in [4.69, 9.17) is 4.98 Å². The summed E-state index contributed by atoms with van der Waals surface area (Å²) < 4.78 is 0. The van der Waals surface area contributed by atoms with Gasteiger partial charge in [0.05, 0.1) is 17.6 Å². The molecule has 5 rings (SSSR count). The SMILES string of the molecule is Cc1ccc2nc(CN3CCC(C(=O)N4CCN(CC=Cc5ccccc5)CC4)CC3)[nH]c2c1. The largest absolute Gasteiger partial charge is 0.341 e.